The summed E-state index contributed by atoms with van der Waals surface area (Å²) in [6, 6.07) is 4.37. The van der Waals surface area contributed by atoms with Crippen LogP contribution in [0.15, 0.2) is 24.5 Å². The van der Waals surface area contributed by atoms with Gasteiger partial charge in [0.1, 0.15) is 0 Å². The number of hydrogen-bond acceptors (Lipinski definition) is 3. The molecule has 1 aromatic heterocycles. The van der Waals surface area contributed by atoms with E-state index in [2.05, 4.69) is 4.98 Å². The Morgan fingerprint density at radius 3 is 2.72 bits per heavy atom. The number of carbonyl (C=O) groups excluding carboxylic acids is 1. The van der Waals surface area contributed by atoms with Crippen LogP contribution in [0.1, 0.15) is 31.7 Å². The van der Waals surface area contributed by atoms with Gasteiger partial charge in [-0.15, -0.1) is 0 Å². The van der Waals surface area contributed by atoms with Gasteiger partial charge in [-0.2, -0.15) is 0 Å². The van der Waals surface area contributed by atoms with E-state index in [4.69, 9.17) is 5.73 Å². The zero-order chi connectivity index (χ0) is 13.0. The van der Waals surface area contributed by atoms with Gasteiger partial charge in [-0.05, 0) is 43.5 Å². The number of rotatable bonds is 6. The fraction of sp³-hybridized carbons (Fsp3) is 0.571. The van der Waals surface area contributed by atoms with E-state index in [-0.39, 0.29) is 11.8 Å². The molecule has 1 aromatic rings. The second-order valence-corrected chi connectivity index (χ2v) is 5.03. The zero-order valence-corrected chi connectivity index (χ0v) is 10.9. The van der Waals surface area contributed by atoms with Crippen LogP contribution >= 0.6 is 0 Å². The molecule has 0 aromatic carbocycles. The van der Waals surface area contributed by atoms with Gasteiger partial charge >= 0.3 is 0 Å². The van der Waals surface area contributed by atoms with Gasteiger partial charge in [0.15, 0.2) is 0 Å². The van der Waals surface area contributed by atoms with Crippen molar-refractivity contribution in [1.82, 2.24) is 9.88 Å². The molecule has 1 atom stereocenters. The van der Waals surface area contributed by atoms with Crippen molar-refractivity contribution in [2.24, 2.45) is 11.7 Å². The van der Waals surface area contributed by atoms with E-state index in [0.29, 0.717) is 19.1 Å². The minimum atomic E-state index is 0.0254. The number of nitrogens with two attached hydrogens (primary N) is 1. The molecule has 4 nitrogen and oxygen atoms in total. The first kappa shape index (κ1) is 13.0. The Hall–Kier alpha value is -1.42. The molecule has 98 valence electrons. The van der Waals surface area contributed by atoms with Gasteiger partial charge in [0.2, 0.25) is 5.91 Å². The minimum Gasteiger partial charge on any atom is -0.335 e. The number of nitrogens with zero attached hydrogens (tertiary/aromatic N) is 2. The van der Waals surface area contributed by atoms with Crippen molar-refractivity contribution in [3.05, 3.63) is 30.1 Å². The first-order valence-corrected chi connectivity index (χ1v) is 6.62. The Kier molecular flexibility index (Phi) is 4.31. The highest BCUT2D eigenvalue weighted by Crippen LogP contribution is 2.30. The van der Waals surface area contributed by atoms with E-state index >= 15 is 0 Å². The topological polar surface area (TPSA) is 59.2 Å². The molecule has 1 aliphatic carbocycles. The number of pyridine rings is 1. The van der Waals surface area contributed by atoms with E-state index in [1.165, 1.54) is 0 Å². The number of carbonyl (C=O) groups is 1. The van der Waals surface area contributed by atoms with Gasteiger partial charge in [-0.25, -0.2) is 0 Å². The first-order chi connectivity index (χ1) is 8.72. The van der Waals surface area contributed by atoms with Crippen molar-refractivity contribution < 1.29 is 4.79 Å². The third-order valence-electron chi connectivity index (χ3n) is 3.39. The van der Waals surface area contributed by atoms with E-state index in [9.17, 15) is 4.79 Å². The highest BCUT2D eigenvalue weighted by molar-refractivity contribution is 5.79. The second kappa shape index (κ2) is 5.96. The van der Waals surface area contributed by atoms with Crippen LogP contribution in [-0.2, 0) is 11.3 Å². The van der Waals surface area contributed by atoms with Crippen molar-refractivity contribution in [3.8, 4) is 0 Å². The molecule has 4 heteroatoms. The molecule has 1 saturated carbocycles. The lowest BCUT2D eigenvalue weighted by atomic mass is 10.1. The average Bonchev–Trinajstić information content (AvgIpc) is 3.21. The summed E-state index contributed by atoms with van der Waals surface area (Å²) in [6.07, 6.45) is 6.57. The predicted molar refractivity (Wildman–Crippen MR) is 70.6 cm³/mol. The van der Waals surface area contributed by atoms with Crippen LogP contribution in [0, 0.1) is 5.92 Å². The predicted octanol–water partition coefficient (Wildman–Crippen LogP) is 1.56. The van der Waals surface area contributed by atoms with Crippen molar-refractivity contribution in [2.75, 3.05) is 6.54 Å². The maximum atomic E-state index is 12.4. The minimum absolute atomic E-state index is 0.0254. The molecule has 1 amide bonds. The molecule has 0 bridgehead atoms. The Labute approximate surface area is 108 Å². The summed E-state index contributed by atoms with van der Waals surface area (Å²) in [5.41, 5.74) is 6.68. The smallest absolute Gasteiger partial charge is 0.225 e. The quantitative estimate of drug-likeness (QED) is 0.830. The molecule has 1 fully saturated rings. The van der Waals surface area contributed by atoms with Crippen molar-refractivity contribution in [2.45, 2.75) is 38.8 Å². The standard InChI is InChI=1S/C14H21N3O/c1-11(4-7-15)14(18)17(13-2-3-13)10-12-5-8-16-9-6-12/h5-6,8-9,11,13H,2-4,7,10,15H2,1H3. The molecule has 2 N–H and O–H groups in total. The molecule has 0 saturated heterocycles. The normalized spacial score (nSPS) is 16.3. The lowest BCUT2D eigenvalue weighted by molar-refractivity contribution is -0.136. The summed E-state index contributed by atoms with van der Waals surface area (Å²) >= 11 is 0. The highest BCUT2D eigenvalue weighted by Gasteiger charge is 2.34. The summed E-state index contributed by atoms with van der Waals surface area (Å²) in [4.78, 5) is 18.4. The maximum Gasteiger partial charge on any atom is 0.225 e. The molecule has 0 spiro atoms. The highest BCUT2D eigenvalue weighted by atomic mass is 16.2. The molecule has 18 heavy (non-hydrogen) atoms. The van der Waals surface area contributed by atoms with Crippen LogP contribution in [-0.4, -0.2) is 28.4 Å². The van der Waals surface area contributed by atoms with Crippen molar-refractivity contribution >= 4 is 5.91 Å². The van der Waals surface area contributed by atoms with E-state index in [0.717, 1.165) is 24.8 Å². The van der Waals surface area contributed by atoms with Gasteiger partial charge in [-0.3, -0.25) is 9.78 Å². The monoisotopic (exact) mass is 247 g/mol. The van der Waals surface area contributed by atoms with Gasteiger partial charge in [0.25, 0.3) is 0 Å². The van der Waals surface area contributed by atoms with Gasteiger partial charge < -0.3 is 10.6 Å². The van der Waals surface area contributed by atoms with E-state index < -0.39 is 0 Å². The third kappa shape index (κ3) is 3.29. The van der Waals surface area contributed by atoms with Crippen LogP contribution in [0.3, 0.4) is 0 Å². The van der Waals surface area contributed by atoms with Gasteiger partial charge in [0.05, 0.1) is 0 Å². The number of aromatic nitrogens is 1. The third-order valence-corrected chi connectivity index (χ3v) is 3.39. The maximum absolute atomic E-state index is 12.4. The van der Waals surface area contributed by atoms with E-state index in [1.54, 1.807) is 12.4 Å². The van der Waals surface area contributed by atoms with Crippen LogP contribution in [0.25, 0.3) is 0 Å². The van der Waals surface area contributed by atoms with Gasteiger partial charge in [-0.1, -0.05) is 6.92 Å². The molecule has 1 aliphatic rings. The molecular weight excluding hydrogens is 226 g/mol. The molecule has 0 radical (unpaired) electrons. The van der Waals surface area contributed by atoms with E-state index in [1.807, 2.05) is 24.0 Å². The summed E-state index contributed by atoms with van der Waals surface area (Å²) in [7, 11) is 0. The average molecular weight is 247 g/mol. The Morgan fingerprint density at radius 1 is 1.50 bits per heavy atom. The van der Waals surface area contributed by atoms with Crippen molar-refractivity contribution in [1.29, 1.82) is 0 Å². The Morgan fingerprint density at radius 2 is 2.17 bits per heavy atom. The first-order valence-electron chi connectivity index (χ1n) is 6.62. The fourth-order valence-corrected chi connectivity index (χ4v) is 2.11. The number of hydrogen-bond donors (Lipinski definition) is 1. The molecule has 2 rings (SSSR count). The lowest BCUT2D eigenvalue weighted by Gasteiger charge is -2.25. The SMILES string of the molecule is CC(CCN)C(=O)N(Cc1ccncc1)C1CC1. The lowest BCUT2D eigenvalue weighted by Crippen LogP contribution is -2.37. The Bertz CT molecular complexity index is 389. The van der Waals surface area contributed by atoms with Crippen LogP contribution in [0.5, 0.6) is 0 Å². The molecule has 1 unspecified atom stereocenters. The van der Waals surface area contributed by atoms with Crippen LogP contribution < -0.4 is 5.73 Å². The van der Waals surface area contributed by atoms with Crippen molar-refractivity contribution in [3.63, 3.8) is 0 Å². The van der Waals surface area contributed by atoms with Gasteiger partial charge in [0, 0.05) is 30.9 Å². The summed E-state index contributed by atoms with van der Waals surface area (Å²) in [5, 5.41) is 0. The summed E-state index contributed by atoms with van der Waals surface area (Å²) in [5.74, 6) is 0.261. The van der Waals surface area contributed by atoms with Crippen LogP contribution in [0.4, 0.5) is 0 Å². The molecule has 1 heterocycles. The zero-order valence-electron chi connectivity index (χ0n) is 10.9. The molecular formula is C14H21N3O. The molecule has 0 aliphatic heterocycles. The second-order valence-electron chi connectivity index (χ2n) is 5.03. The summed E-state index contributed by atoms with van der Waals surface area (Å²) in [6.45, 7) is 3.23. The fourth-order valence-electron chi connectivity index (χ4n) is 2.11. The number of amides is 1. The Balaban J connectivity index is 2.02. The summed E-state index contributed by atoms with van der Waals surface area (Å²) < 4.78 is 0. The largest absolute Gasteiger partial charge is 0.335 e. The van der Waals surface area contributed by atoms with Crippen LogP contribution in [0.2, 0.25) is 0 Å².